The molecule has 9 nitrogen and oxygen atoms in total. The fraction of sp³-hybridized carbons (Fsp3) is 0.800. The molecule has 11 heteroatoms. The Bertz CT molecular complexity index is 769. The lowest BCUT2D eigenvalue weighted by atomic mass is 9.71. The van der Waals surface area contributed by atoms with Gasteiger partial charge in [-0.15, -0.1) is 0 Å². The summed E-state index contributed by atoms with van der Waals surface area (Å²) in [5.74, 6) is -7.04. The molecule has 4 aliphatic rings. The number of carbonyl (C=O) groups excluding carboxylic acids is 4. The molecule has 0 spiro atoms. The molecule has 4 N–H and O–H groups in total. The summed E-state index contributed by atoms with van der Waals surface area (Å²) in [5.41, 5.74) is 4.53. The fourth-order valence-corrected chi connectivity index (χ4v) is 4.74. The van der Waals surface area contributed by atoms with Crippen LogP contribution < -0.4 is 16.4 Å². The third-order valence-electron chi connectivity index (χ3n) is 6.15. The summed E-state index contributed by atoms with van der Waals surface area (Å²) in [7, 11) is 0. The molecule has 31 heavy (non-hydrogen) atoms. The third kappa shape index (κ3) is 4.90. The summed E-state index contributed by atoms with van der Waals surface area (Å²) in [6, 6.07) is -3.55. The lowest BCUT2D eigenvalue weighted by molar-refractivity contribution is -0.184. The number of rotatable bonds is 5. The smallest absolute Gasteiger partial charge is 0.411 e. The number of primary amides is 1. The van der Waals surface area contributed by atoms with Gasteiger partial charge >= 0.3 is 6.09 Å². The maximum Gasteiger partial charge on any atom is 0.411 e. The molecule has 2 bridgehead atoms. The van der Waals surface area contributed by atoms with Crippen molar-refractivity contribution in [3.05, 3.63) is 0 Å². The van der Waals surface area contributed by atoms with Crippen LogP contribution in [0.5, 0.6) is 0 Å². The van der Waals surface area contributed by atoms with Crippen LogP contribution in [-0.4, -0.2) is 64.9 Å². The minimum absolute atomic E-state index is 0.0312. The Balaban J connectivity index is 1.82. The molecule has 5 atom stereocenters. The van der Waals surface area contributed by atoms with Gasteiger partial charge in [-0.3, -0.25) is 19.3 Å². The molecular formula is C20H30F2N4O5. The van der Waals surface area contributed by atoms with Crippen molar-refractivity contribution >= 4 is 23.8 Å². The number of nitrogens with one attached hydrogen (secondary N) is 2. The molecule has 3 saturated heterocycles. The highest BCUT2D eigenvalue weighted by Crippen LogP contribution is 2.49. The van der Waals surface area contributed by atoms with E-state index >= 15 is 0 Å². The van der Waals surface area contributed by atoms with Crippen molar-refractivity contribution in [2.45, 2.75) is 82.5 Å². The standard InChI is InChI=1S/C20H30F2N4O5/c1-19(2,3)31-18(30)26-11-4-5-12(20(21,22)9-11)14(26)17(29)25-13(15(23)27)8-10-6-7-24-16(10)28/h10-14H,4-9H2,1-3H3,(H2,23,27)(H,24,28)(H,25,29)/t10-,11-,12-,13-,14-/m0/s1. The number of alkyl halides is 2. The van der Waals surface area contributed by atoms with E-state index in [1.54, 1.807) is 20.8 Å². The Kier molecular flexibility index (Phi) is 6.16. The van der Waals surface area contributed by atoms with E-state index in [2.05, 4.69) is 10.6 Å². The van der Waals surface area contributed by atoms with Gasteiger partial charge in [0.2, 0.25) is 17.7 Å². The van der Waals surface area contributed by atoms with E-state index in [4.69, 9.17) is 10.5 Å². The second-order valence-electron chi connectivity index (χ2n) is 9.61. The Morgan fingerprint density at radius 2 is 1.97 bits per heavy atom. The lowest BCUT2D eigenvalue weighted by Gasteiger charge is -2.53. The molecule has 3 aliphatic heterocycles. The van der Waals surface area contributed by atoms with Crippen LogP contribution in [0, 0.1) is 11.8 Å². The first kappa shape index (κ1) is 23.2. The van der Waals surface area contributed by atoms with Crippen LogP contribution in [0.25, 0.3) is 0 Å². The Morgan fingerprint density at radius 3 is 2.48 bits per heavy atom. The van der Waals surface area contributed by atoms with Gasteiger partial charge in [0.05, 0.1) is 5.92 Å². The molecule has 0 aromatic rings. The van der Waals surface area contributed by atoms with Crippen molar-refractivity contribution in [2.75, 3.05) is 6.54 Å². The number of ether oxygens (including phenoxy) is 1. The van der Waals surface area contributed by atoms with E-state index < -0.39 is 65.8 Å². The number of carbonyl (C=O) groups is 4. The number of halogens is 2. The lowest BCUT2D eigenvalue weighted by Crippen LogP contribution is -2.69. The summed E-state index contributed by atoms with van der Waals surface area (Å²) in [6.07, 6.45) is -0.525. The van der Waals surface area contributed by atoms with Gasteiger partial charge < -0.3 is 21.1 Å². The number of hydrogen-bond acceptors (Lipinski definition) is 5. The predicted octanol–water partition coefficient (Wildman–Crippen LogP) is 0.906. The van der Waals surface area contributed by atoms with Gasteiger partial charge in [-0.2, -0.15) is 0 Å². The SMILES string of the molecule is CC(C)(C)OC(=O)N1[C@H]2CC[C@@H]([C@H]1C(=O)N[C@@H](C[C@@H]1CCNC1=O)C(N)=O)C(F)(F)C2. The van der Waals surface area contributed by atoms with Crippen LogP contribution in [0.3, 0.4) is 0 Å². The monoisotopic (exact) mass is 444 g/mol. The highest BCUT2D eigenvalue weighted by atomic mass is 19.3. The summed E-state index contributed by atoms with van der Waals surface area (Å²) < 4.78 is 34.7. The summed E-state index contributed by atoms with van der Waals surface area (Å²) in [6.45, 7) is 5.39. The highest BCUT2D eigenvalue weighted by Gasteiger charge is 2.61. The first-order chi connectivity index (χ1) is 14.3. The van der Waals surface area contributed by atoms with Crippen molar-refractivity contribution in [3.63, 3.8) is 0 Å². The molecule has 4 amide bonds. The van der Waals surface area contributed by atoms with Gasteiger partial charge in [-0.05, 0) is 46.5 Å². The maximum absolute atomic E-state index is 14.7. The number of piperidine rings is 2. The average molecular weight is 444 g/mol. The summed E-state index contributed by atoms with van der Waals surface area (Å²) in [5, 5.41) is 5.06. The van der Waals surface area contributed by atoms with E-state index in [0.29, 0.717) is 19.4 Å². The molecule has 1 aliphatic carbocycles. The van der Waals surface area contributed by atoms with Gasteiger partial charge in [0, 0.05) is 24.9 Å². The van der Waals surface area contributed by atoms with Crippen LogP contribution in [0.2, 0.25) is 0 Å². The molecule has 3 heterocycles. The molecule has 0 unspecified atom stereocenters. The molecule has 1 saturated carbocycles. The largest absolute Gasteiger partial charge is 0.444 e. The maximum atomic E-state index is 14.7. The Hall–Kier alpha value is -2.46. The third-order valence-corrected chi connectivity index (χ3v) is 6.15. The van der Waals surface area contributed by atoms with Crippen molar-refractivity contribution in [3.8, 4) is 0 Å². The van der Waals surface area contributed by atoms with Gasteiger partial charge in [0.1, 0.15) is 17.7 Å². The average Bonchev–Trinajstić information content (AvgIpc) is 3.03. The number of hydrogen-bond donors (Lipinski definition) is 3. The van der Waals surface area contributed by atoms with E-state index in [9.17, 15) is 28.0 Å². The zero-order chi connectivity index (χ0) is 23.1. The molecule has 4 rings (SSSR count). The zero-order valence-corrected chi connectivity index (χ0v) is 18.0. The van der Waals surface area contributed by atoms with Crippen LogP contribution in [-0.2, 0) is 19.1 Å². The first-order valence-electron chi connectivity index (χ1n) is 10.6. The van der Waals surface area contributed by atoms with E-state index in [1.165, 1.54) is 0 Å². The minimum atomic E-state index is -3.13. The number of fused-ring (bicyclic) bond motifs is 3. The van der Waals surface area contributed by atoms with Crippen LogP contribution in [0.15, 0.2) is 0 Å². The molecule has 0 radical (unpaired) electrons. The van der Waals surface area contributed by atoms with Crippen molar-refractivity contribution in [1.82, 2.24) is 15.5 Å². The van der Waals surface area contributed by atoms with Crippen molar-refractivity contribution < 1.29 is 32.7 Å². The van der Waals surface area contributed by atoms with E-state index in [-0.39, 0.29) is 18.7 Å². The second kappa shape index (κ2) is 8.23. The van der Waals surface area contributed by atoms with Gasteiger partial charge in [-0.25, -0.2) is 13.6 Å². The van der Waals surface area contributed by atoms with Crippen LogP contribution in [0.1, 0.15) is 52.9 Å². The highest BCUT2D eigenvalue weighted by molar-refractivity contribution is 5.92. The van der Waals surface area contributed by atoms with Gasteiger partial charge in [-0.1, -0.05) is 0 Å². The van der Waals surface area contributed by atoms with Crippen LogP contribution >= 0.6 is 0 Å². The molecule has 174 valence electrons. The molecular weight excluding hydrogens is 414 g/mol. The normalized spacial score (nSPS) is 30.5. The number of amides is 4. The Labute approximate surface area is 179 Å². The first-order valence-corrected chi connectivity index (χ1v) is 10.6. The van der Waals surface area contributed by atoms with E-state index in [0.717, 1.165) is 4.90 Å². The minimum Gasteiger partial charge on any atom is -0.444 e. The zero-order valence-electron chi connectivity index (χ0n) is 18.0. The fourth-order valence-electron chi connectivity index (χ4n) is 4.74. The van der Waals surface area contributed by atoms with Crippen molar-refractivity contribution in [2.24, 2.45) is 17.6 Å². The Morgan fingerprint density at radius 1 is 1.29 bits per heavy atom. The molecule has 4 fully saturated rings. The number of nitrogens with zero attached hydrogens (tertiary/aromatic N) is 1. The quantitative estimate of drug-likeness (QED) is 0.580. The summed E-state index contributed by atoms with van der Waals surface area (Å²) >= 11 is 0. The summed E-state index contributed by atoms with van der Waals surface area (Å²) in [4.78, 5) is 50.8. The van der Waals surface area contributed by atoms with Crippen LogP contribution in [0.4, 0.5) is 13.6 Å². The molecule has 0 aromatic carbocycles. The van der Waals surface area contributed by atoms with E-state index in [1.807, 2.05) is 0 Å². The van der Waals surface area contributed by atoms with Crippen molar-refractivity contribution in [1.29, 1.82) is 0 Å². The predicted molar refractivity (Wildman–Crippen MR) is 105 cm³/mol. The second-order valence-corrected chi connectivity index (χ2v) is 9.61. The number of nitrogens with two attached hydrogens (primary N) is 1. The topological polar surface area (TPSA) is 131 Å². The van der Waals surface area contributed by atoms with Gasteiger partial charge in [0.15, 0.2) is 0 Å². The molecule has 0 aromatic heterocycles. The van der Waals surface area contributed by atoms with Gasteiger partial charge in [0.25, 0.3) is 5.92 Å².